The number of rotatable bonds is 6. The molecule has 1 aliphatic heterocycles. The highest BCUT2D eigenvalue weighted by Crippen LogP contribution is 2.20. The SMILES string of the molecule is CCNC(=NCc1ncc(CC)s1)NC1CCN(c2ncccc2F)C1.I. The van der Waals surface area contributed by atoms with Crippen molar-refractivity contribution >= 4 is 47.1 Å². The van der Waals surface area contributed by atoms with Gasteiger partial charge in [-0.1, -0.05) is 6.92 Å². The molecule has 0 aromatic carbocycles. The number of nitrogens with one attached hydrogen (secondary N) is 2. The van der Waals surface area contributed by atoms with Crippen LogP contribution >= 0.6 is 35.3 Å². The maximum atomic E-state index is 13.9. The van der Waals surface area contributed by atoms with Gasteiger partial charge in [0.25, 0.3) is 0 Å². The minimum atomic E-state index is -0.274. The van der Waals surface area contributed by atoms with Crippen LogP contribution in [0.1, 0.15) is 30.2 Å². The zero-order valence-corrected chi connectivity index (χ0v) is 18.8. The van der Waals surface area contributed by atoms with E-state index in [1.165, 1.54) is 10.9 Å². The molecule has 148 valence electrons. The van der Waals surface area contributed by atoms with Crippen LogP contribution in [-0.4, -0.2) is 41.6 Å². The Morgan fingerprint density at radius 2 is 2.26 bits per heavy atom. The number of nitrogens with zero attached hydrogens (tertiary/aromatic N) is 4. The second kappa shape index (κ2) is 10.7. The molecule has 3 heterocycles. The molecule has 2 aromatic rings. The second-order valence-electron chi connectivity index (χ2n) is 6.15. The second-order valence-corrected chi connectivity index (χ2v) is 7.35. The van der Waals surface area contributed by atoms with E-state index < -0.39 is 0 Å². The molecule has 2 N–H and O–H groups in total. The molecule has 1 fully saturated rings. The van der Waals surface area contributed by atoms with Crippen LogP contribution in [0.3, 0.4) is 0 Å². The molecule has 9 heteroatoms. The number of pyridine rings is 1. The molecule has 1 unspecified atom stereocenters. The summed E-state index contributed by atoms with van der Waals surface area (Å²) in [6, 6.07) is 3.27. The monoisotopic (exact) mass is 504 g/mol. The lowest BCUT2D eigenvalue weighted by molar-refractivity contribution is 0.612. The van der Waals surface area contributed by atoms with Crippen LogP contribution in [-0.2, 0) is 13.0 Å². The highest BCUT2D eigenvalue weighted by Gasteiger charge is 2.25. The first kappa shape index (κ1) is 21.8. The summed E-state index contributed by atoms with van der Waals surface area (Å²) in [6.45, 7) is 7.00. The topological polar surface area (TPSA) is 65.4 Å². The summed E-state index contributed by atoms with van der Waals surface area (Å²) < 4.78 is 13.9. The molecule has 2 aromatic heterocycles. The molecule has 0 aliphatic carbocycles. The summed E-state index contributed by atoms with van der Waals surface area (Å²) in [7, 11) is 0. The van der Waals surface area contributed by atoms with Gasteiger partial charge in [0.2, 0.25) is 0 Å². The number of halogens is 2. The molecular formula is C18H26FIN6S. The fourth-order valence-corrected chi connectivity index (χ4v) is 3.71. The van der Waals surface area contributed by atoms with E-state index in [0.29, 0.717) is 18.9 Å². The number of aliphatic imine (C=N–C) groups is 1. The summed E-state index contributed by atoms with van der Waals surface area (Å²) in [6.07, 6.45) is 5.47. The van der Waals surface area contributed by atoms with Crippen LogP contribution in [0.4, 0.5) is 10.2 Å². The third-order valence-electron chi connectivity index (χ3n) is 4.23. The molecule has 1 atom stereocenters. The lowest BCUT2D eigenvalue weighted by atomic mass is 10.3. The van der Waals surface area contributed by atoms with Crippen molar-refractivity contribution in [3.8, 4) is 0 Å². The fraction of sp³-hybridized carbons (Fsp3) is 0.500. The standard InChI is InChI=1S/C18H25FN6S.HI/c1-3-14-10-22-16(26-14)11-23-18(20-4-2)24-13-7-9-25(12-13)17-15(19)6-5-8-21-17;/h5-6,8,10,13H,3-4,7,9,11-12H2,1-2H3,(H2,20,23,24);1H. The first-order valence-electron chi connectivity index (χ1n) is 9.03. The van der Waals surface area contributed by atoms with Crippen molar-refractivity contribution in [1.29, 1.82) is 0 Å². The van der Waals surface area contributed by atoms with Gasteiger partial charge >= 0.3 is 0 Å². The fourth-order valence-electron chi connectivity index (χ4n) is 2.93. The highest BCUT2D eigenvalue weighted by atomic mass is 127. The summed E-state index contributed by atoms with van der Waals surface area (Å²) in [5, 5.41) is 7.74. The number of hydrogen-bond donors (Lipinski definition) is 2. The van der Waals surface area contributed by atoms with E-state index >= 15 is 0 Å². The van der Waals surface area contributed by atoms with E-state index in [1.54, 1.807) is 23.6 Å². The third kappa shape index (κ3) is 6.00. The minimum Gasteiger partial charge on any atom is -0.357 e. The van der Waals surface area contributed by atoms with E-state index in [0.717, 1.165) is 36.9 Å². The zero-order valence-electron chi connectivity index (χ0n) is 15.6. The molecule has 6 nitrogen and oxygen atoms in total. The van der Waals surface area contributed by atoms with Gasteiger partial charge in [0.15, 0.2) is 17.6 Å². The number of guanidine groups is 1. The van der Waals surface area contributed by atoms with Crippen LogP contribution < -0.4 is 15.5 Å². The van der Waals surface area contributed by atoms with Crippen molar-refractivity contribution < 1.29 is 4.39 Å². The Balaban J connectivity index is 0.00000261. The molecule has 0 radical (unpaired) electrons. The van der Waals surface area contributed by atoms with Crippen molar-refractivity contribution in [2.45, 2.75) is 39.3 Å². The van der Waals surface area contributed by atoms with Gasteiger partial charge < -0.3 is 15.5 Å². The number of hydrogen-bond acceptors (Lipinski definition) is 5. The van der Waals surface area contributed by atoms with Gasteiger partial charge in [-0.25, -0.2) is 19.4 Å². The molecule has 0 bridgehead atoms. The predicted octanol–water partition coefficient (Wildman–Crippen LogP) is 3.19. The maximum absolute atomic E-state index is 13.9. The van der Waals surface area contributed by atoms with Gasteiger partial charge in [-0.2, -0.15) is 0 Å². The Bertz CT molecular complexity index is 753. The average molecular weight is 504 g/mol. The first-order valence-corrected chi connectivity index (χ1v) is 9.85. The molecule has 0 amide bonds. The van der Waals surface area contributed by atoms with Crippen molar-refractivity contribution in [3.05, 3.63) is 40.2 Å². The normalized spacial score (nSPS) is 16.9. The first-order chi connectivity index (χ1) is 12.7. The third-order valence-corrected chi connectivity index (χ3v) is 5.36. The van der Waals surface area contributed by atoms with E-state index in [-0.39, 0.29) is 35.8 Å². The highest BCUT2D eigenvalue weighted by molar-refractivity contribution is 14.0. The van der Waals surface area contributed by atoms with Gasteiger partial charge in [0, 0.05) is 42.9 Å². The van der Waals surface area contributed by atoms with Gasteiger partial charge in [0.1, 0.15) is 5.01 Å². The molecule has 1 saturated heterocycles. The van der Waals surface area contributed by atoms with E-state index in [9.17, 15) is 4.39 Å². The summed E-state index contributed by atoms with van der Waals surface area (Å²) in [4.78, 5) is 16.5. The quantitative estimate of drug-likeness (QED) is 0.360. The van der Waals surface area contributed by atoms with Gasteiger partial charge in [-0.3, -0.25) is 0 Å². The van der Waals surface area contributed by atoms with Crippen LogP contribution in [0.5, 0.6) is 0 Å². The lowest BCUT2D eigenvalue weighted by Gasteiger charge is -2.19. The van der Waals surface area contributed by atoms with Gasteiger partial charge in [-0.05, 0) is 31.9 Å². The van der Waals surface area contributed by atoms with Crippen molar-refractivity contribution in [2.24, 2.45) is 4.99 Å². The molecule has 0 saturated carbocycles. The lowest BCUT2D eigenvalue weighted by Crippen LogP contribution is -2.44. The Morgan fingerprint density at radius 3 is 2.96 bits per heavy atom. The van der Waals surface area contributed by atoms with Crippen molar-refractivity contribution in [2.75, 3.05) is 24.5 Å². The molecular weight excluding hydrogens is 478 g/mol. The molecule has 1 aliphatic rings. The Labute approximate surface area is 180 Å². The van der Waals surface area contributed by atoms with Crippen molar-refractivity contribution in [1.82, 2.24) is 20.6 Å². The summed E-state index contributed by atoms with van der Waals surface area (Å²) >= 11 is 1.70. The summed E-state index contributed by atoms with van der Waals surface area (Å²) in [5.41, 5.74) is 0. The van der Waals surface area contributed by atoms with Crippen molar-refractivity contribution in [3.63, 3.8) is 0 Å². The number of anilines is 1. The van der Waals surface area contributed by atoms with Crippen LogP contribution in [0, 0.1) is 5.82 Å². The molecule has 3 rings (SSSR count). The van der Waals surface area contributed by atoms with E-state index in [2.05, 4.69) is 32.5 Å². The van der Waals surface area contributed by atoms with Crippen LogP contribution in [0.25, 0.3) is 0 Å². The Kier molecular flexibility index (Phi) is 8.68. The molecule has 27 heavy (non-hydrogen) atoms. The Hall–Kier alpha value is -1.49. The van der Waals surface area contributed by atoms with E-state index in [4.69, 9.17) is 0 Å². The Morgan fingerprint density at radius 1 is 1.41 bits per heavy atom. The van der Waals surface area contributed by atoms with E-state index in [1.807, 2.05) is 18.0 Å². The zero-order chi connectivity index (χ0) is 18.4. The molecule has 0 spiro atoms. The number of aromatic nitrogens is 2. The minimum absolute atomic E-state index is 0. The van der Waals surface area contributed by atoms with Crippen LogP contribution in [0.2, 0.25) is 0 Å². The number of thiazole rings is 1. The smallest absolute Gasteiger partial charge is 0.191 e. The average Bonchev–Trinajstić information content (AvgIpc) is 3.29. The largest absolute Gasteiger partial charge is 0.357 e. The number of aryl methyl sites for hydroxylation is 1. The van der Waals surface area contributed by atoms with Gasteiger partial charge in [-0.15, -0.1) is 35.3 Å². The maximum Gasteiger partial charge on any atom is 0.191 e. The summed E-state index contributed by atoms with van der Waals surface area (Å²) in [5.74, 6) is 0.923. The van der Waals surface area contributed by atoms with Gasteiger partial charge in [0.05, 0.1) is 6.54 Å². The van der Waals surface area contributed by atoms with Crippen LogP contribution in [0.15, 0.2) is 29.5 Å². The predicted molar refractivity (Wildman–Crippen MR) is 120 cm³/mol.